The molecule has 1 aromatic rings. The Hall–Kier alpha value is -1.81. The van der Waals surface area contributed by atoms with Gasteiger partial charge in [-0.25, -0.2) is 0 Å². The van der Waals surface area contributed by atoms with Crippen molar-refractivity contribution in [1.29, 1.82) is 0 Å². The summed E-state index contributed by atoms with van der Waals surface area (Å²) in [5, 5.41) is 2.80. The van der Waals surface area contributed by atoms with Crippen molar-refractivity contribution in [2.75, 3.05) is 19.0 Å². The number of amides is 1. The minimum atomic E-state index is -0.0387. The topological polar surface area (TPSA) is 35.6 Å². The van der Waals surface area contributed by atoms with Crippen molar-refractivity contribution >= 4 is 11.6 Å². The summed E-state index contributed by atoms with van der Waals surface area (Å²) in [5.74, 6) is -0.0387. The molecule has 120 valence electrons. The number of benzene rings is 1. The molecule has 1 heterocycles. The summed E-state index contributed by atoms with van der Waals surface area (Å²) in [4.78, 5) is 15.9. The highest BCUT2D eigenvalue weighted by molar-refractivity contribution is 5.88. The molecule has 0 spiro atoms. The van der Waals surface area contributed by atoms with Crippen LogP contribution in [0.2, 0.25) is 0 Å². The fourth-order valence-corrected chi connectivity index (χ4v) is 3.48. The van der Waals surface area contributed by atoms with Crippen molar-refractivity contribution in [2.45, 2.75) is 46.7 Å². The molecule has 0 aliphatic carbocycles. The van der Waals surface area contributed by atoms with Gasteiger partial charge < -0.3 is 10.2 Å². The van der Waals surface area contributed by atoms with E-state index in [0.717, 1.165) is 18.9 Å². The number of carbonyl (C=O) groups excluding carboxylic acids is 1. The first-order valence-corrected chi connectivity index (χ1v) is 7.72. The van der Waals surface area contributed by atoms with E-state index in [1.54, 1.807) is 0 Å². The quantitative estimate of drug-likeness (QED) is 0.929. The number of carbonyl (C=O) groups is 1. The van der Waals surface area contributed by atoms with Gasteiger partial charge in [-0.3, -0.25) is 9.69 Å². The summed E-state index contributed by atoms with van der Waals surface area (Å²) in [6.45, 7) is 12.3. The predicted octanol–water partition coefficient (Wildman–Crippen LogP) is 3.42. The van der Waals surface area contributed by atoms with Gasteiger partial charge in [-0.1, -0.05) is 17.7 Å². The molecule has 1 aromatic carbocycles. The molecule has 0 saturated carbocycles. The van der Waals surface area contributed by atoms with E-state index in [2.05, 4.69) is 62.0 Å². The van der Waals surface area contributed by atoms with E-state index in [-0.39, 0.29) is 11.4 Å². The van der Waals surface area contributed by atoms with E-state index in [9.17, 15) is 4.79 Å². The lowest BCUT2D eigenvalue weighted by atomic mass is 9.96. The summed E-state index contributed by atoms with van der Waals surface area (Å²) in [6.07, 6.45) is 0. The summed E-state index contributed by atoms with van der Waals surface area (Å²) < 4.78 is 0. The van der Waals surface area contributed by atoms with Gasteiger partial charge in [-0.15, -0.1) is 0 Å². The van der Waals surface area contributed by atoms with E-state index >= 15 is 0 Å². The van der Waals surface area contributed by atoms with Crippen LogP contribution in [0.25, 0.3) is 0 Å². The van der Waals surface area contributed by atoms with Gasteiger partial charge in [0.05, 0.1) is 12.2 Å². The Kier molecular flexibility index (Phi) is 4.61. The second-order valence-electron chi connectivity index (χ2n) is 6.82. The van der Waals surface area contributed by atoms with Crippen LogP contribution in [0, 0.1) is 0 Å². The SMILES string of the molecule is CC(=O)Nc1ccc(CN2CN(C)C(=C(C)C)C2(C)C)cc1. The highest BCUT2D eigenvalue weighted by Gasteiger charge is 2.40. The van der Waals surface area contributed by atoms with Crippen LogP contribution in [0.1, 0.15) is 40.2 Å². The molecule has 1 saturated heterocycles. The molecule has 1 aliphatic heterocycles. The van der Waals surface area contributed by atoms with Gasteiger partial charge in [-0.05, 0) is 45.4 Å². The van der Waals surface area contributed by atoms with E-state index in [4.69, 9.17) is 0 Å². The molecule has 1 fully saturated rings. The van der Waals surface area contributed by atoms with Crippen LogP contribution in [-0.4, -0.2) is 35.0 Å². The van der Waals surface area contributed by atoms with Gasteiger partial charge >= 0.3 is 0 Å². The molecule has 1 N–H and O–H groups in total. The normalized spacial score (nSPS) is 17.7. The summed E-state index contributed by atoms with van der Waals surface area (Å²) in [7, 11) is 2.16. The molecule has 1 aliphatic rings. The monoisotopic (exact) mass is 301 g/mol. The Balaban J connectivity index is 2.14. The maximum absolute atomic E-state index is 11.1. The standard InChI is InChI=1S/C18H27N3O/c1-13(2)17-18(4,5)21(12-20(17)6)11-15-7-9-16(10-8-15)19-14(3)22/h7-10H,11-12H2,1-6H3,(H,19,22). The number of likely N-dealkylation sites (N-methyl/N-ethyl adjacent to an activating group) is 1. The van der Waals surface area contributed by atoms with Gasteiger partial charge in [0, 0.05) is 31.9 Å². The van der Waals surface area contributed by atoms with Crippen LogP contribution in [0.15, 0.2) is 35.5 Å². The lowest BCUT2D eigenvalue weighted by Gasteiger charge is -2.31. The van der Waals surface area contributed by atoms with Crippen LogP contribution >= 0.6 is 0 Å². The minimum absolute atomic E-state index is 0.0316. The van der Waals surface area contributed by atoms with Crippen LogP contribution in [0.5, 0.6) is 0 Å². The Bertz CT molecular complexity index is 583. The average molecular weight is 301 g/mol. The Labute approximate surface area is 133 Å². The lowest BCUT2D eigenvalue weighted by molar-refractivity contribution is -0.114. The maximum atomic E-state index is 11.1. The Morgan fingerprint density at radius 2 is 1.77 bits per heavy atom. The summed E-state index contributed by atoms with van der Waals surface area (Å²) >= 11 is 0. The van der Waals surface area contributed by atoms with Crippen molar-refractivity contribution in [2.24, 2.45) is 0 Å². The zero-order valence-corrected chi connectivity index (χ0v) is 14.5. The highest BCUT2D eigenvalue weighted by Crippen LogP contribution is 2.36. The molecule has 0 radical (unpaired) electrons. The number of nitrogens with one attached hydrogen (secondary N) is 1. The second-order valence-corrected chi connectivity index (χ2v) is 6.82. The number of hydrogen-bond acceptors (Lipinski definition) is 3. The molecular formula is C18H27N3O. The van der Waals surface area contributed by atoms with Crippen molar-refractivity contribution in [3.8, 4) is 0 Å². The van der Waals surface area contributed by atoms with Crippen LogP contribution in [-0.2, 0) is 11.3 Å². The third kappa shape index (κ3) is 3.33. The van der Waals surface area contributed by atoms with Gasteiger partial charge in [0.2, 0.25) is 5.91 Å². The minimum Gasteiger partial charge on any atom is -0.363 e. The van der Waals surface area contributed by atoms with Crippen LogP contribution in [0.4, 0.5) is 5.69 Å². The fraction of sp³-hybridized carbons (Fsp3) is 0.500. The molecule has 1 amide bonds. The number of allylic oxidation sites excluding steroid dienone is 1. The first-order chi connectivity index (χ1) is 10.2. The number of rotatable bonds is 3. The number of nitrogens with zero attached hydrogens (tertiary/aromatic N) is 2. The second kappa shape index (κ2) is 6.13. The van der Waals surface area contributed by atoms with Gasteiger partial charge in [0.15, 0.2) is 0 Å². The van der Waals surface area contributed by atoms with Crippen molar-refractivity contribution in [3.63, 3.8) is 0 Å². The first-order valence-electron chi connectivity index (χ1n) is 7.72. The Morgan fingerprint density at radius 3 is 2.23 bits per heavy atom. The molecule has 22 heavy (non-hydrogen) atoms. The van der Waals surface area contributed by atoms with E-state index in [1.807, 2.05) is 12.1 Å². The molecule has 4 heteroatoms. The summed E-state index contributed by atoms with van der Waals surface area (Å²) in [6, 6.07) is 8.10. The third-order valence-electron chi connectivity index (χ3n) is 4.26. The van der Waals surface area contributed by atoms with Crippen LogP contribution in [0.3, 0.4) is 0 Å². The van der Waals surface area contributed by atoms with Crippen molar-refractivity contribution in [3.05, 3.63) is 41.1 Å². The average Bonchev–Trinajstić information content (AvgIpc) is 2.60. The molecule has 0 bridgehead atoms. The zero-order chi connectivity index (χ0) is 16.5. The van der Waals surface area contributed by atoms with E-state index < -0.39 is 0 Å². The fourth-order valence-electron chi connectivity index (χ4n) is 3.48. The van der Waals surface area contributed by atoms with Crippen molar-refractivity contribution in [1.82, 2.24) is 9.80 Å². The molecule has 0 unspecified atom stereocenters. The maximum Gasteiger partial charge on any atom is 0.221 e. The van der Waals surface area contributed by atoms with Crippen molar-refractivity contribution < 1.29 is 4.79 Å². The van der Waals surface area contributed by atoms with E-state index in [0.29, 0.717) is 0 Å². The first kappa shape index (κ1) is 16.6. The van der Waals surface area contributed by atoms with Gasteiger partial charge in [0.1, 0.15) is 0 Å². The van der Waals surface area contributed by atoms with Crippen LogP contribution < -0.4 is 5.32 Å². The molecule has 4 nitrogen and oxygen atoms in total. The third-order valence-corrected chi connectivity index (χ3v) is 4.26. The number of anilines is 1. The molecular weight excluding hydrogens is 274 g/mol. The number of hydrogen-bond donors (Lipinski definition) is 1. The largest absolute Gasteiger partial charge is 0.363 e. The smallest absolute Gasteiger partial charge is 0.221 e. The molecule has 2 rings (SSSR count). The molecule has 0 atom stereocenters. The van der Waals surface area contributed by atoms with E-state index in [1.165, 1.54) is 23.8 Å². The zero-order valence-electron chi connectivity index (χ0n) is 14.5. The van der Waals surface area contributed by atoms with Gasteiger partial charge in [-0.2, -0.15) is 0 Å². The predicted molar refractivity (Wildman–Crippen MR) is 91.4 cm³/mol. The summed E-state index contributed by atoms with van der Waals surface area (Å²) in [5.41, 5.74) is 4.91. The highest BCUT2D eigenvalue weighted by atomic mass is 16.1. The Morgan fingerprint density at radius 1 is 1.18 bits per heavy atom. The lowest BCUT2D eigenvalue weighted by Crippen LogP contribution is -2.38. The van der Waals surface area contributed by atoms with Gasteiger partial charge in [0.25, 0.3) is 0 Å². The molecule has 0 aromatic heterocycles.